The van der Waals surface area contributed by atoms with E-state index in [0.717, 1.165) is 5.75 Å². The van der Waals surface area contributed by atoms with E-state index in [-0.39, 0.29) is 12.4 Å². The minimum absolute atomic E-state index is 0.156. The van der Waals surface area contributed by atoms with Gasteiger partial charge in [-0.1, -0.05) is 32.0 Å². The molecule has 1 rings (SSSR count). The number of alkyl halides is 2. The van der Waals surface area contributed by atoms with Gasteiger partial charge in [0.1, 0.15) is 12.4 Å². The third-order valence-corrected chi connectivity index (χ3v) is 1.78. The van der Waals surface area contributed by atoms with Gasteiger partial charge in [0.05, 0.1) is 14.4 Å². The first-order chi connectivity index (χ1) is 8.68. The summed E-state index contributed by atoms with van der Waals surface area (Å²) in [5.74, 6) is 1.32. The Morgan fingerprint density at radius 3 is 2.06 bits per heavy atom. The van der Waals surface area contributed by atoms with Gasteiger partial charge in [-0.25, -0.2) is 0 Å². The number of hydrogen-bond donors (Lipinski definition) is 0. The average molecular weight is 260 g/mol. The molecule has 0 aromatic heterocycles. The highest BCUT2D eigenvalue weighted by Crippen LogP contribution is 2.09. The molecule has 0 amide bonds. The second-order valence-corrected chi connectivity index (χ2v) is 3.74. The number of ether oxygens (including phenoxy) is 1. The molecular weight excluding hydrogens is 238 g/mol. The molecule has 0 aliphatic rings. The Bertz CT molecular complexity index is 287. The molecule has 0 aliphatic heterocycles. The lowest BCUT2D eigenvalue weighted by molar-refractivity contribution is -0.121. The van der Waals surface area contributed by atoms with Crippen LogP contribution < -0.4 is 4.74 Å². The van der Waals surface area contributed by atoms with Crippen LogP contribution in [0.1, 0.15) is 20.3 Å². The number of halogens is 2. The average Bonchev–Trinajstić information content (AvgIpc) is 2.41. The number of ketones is 1. The molecule has 0 atom stereocenters. The van der Waals surface area contributed by atoms with Crippen LogP contribution >= 0.6 is 0 Å². The van der Waals surface area contributed by atoms with Crippen molar-refractivity contribution >= 4 is 5.78 Å². The summed E-state index contributed by atoms with van der Waals surface area (Å²) in [4.78, 5) is 11.3. The molecule has 2 nitrogen and oxygen atoms in total. The van der Waals surface area contributed by atoms with E-state index in [0.29, 0.717) is 26.7 Å². The fourth-order valence-electron chi connectivity index (χ4n) is 1.19. The summed E-state index contributed by atoms with van der Waals surface area (Å²) in [5, 5.41) is 0. The van der Waals surface area contributed by atoms with Crippen molar-refractivity contribution in [3.05, 3.63) is 30.3 Å². The van der Waals surface area contributed by atoms with Gasteiger partial charge in [-0.3, -0.25) is 13.6 Å². The van der Waals surface area contributed by atoms with Crippen LogP contribution in [-0.4, -0.2) is 26.7 Å². The first-order valence-electron chi connectivity index (χ1n) is 5.63. The van der Waals surface area contributed by atoms with Crippen LogP contribution in [0.25, 0.3) is 0 Å². The van der Waals surface area contributed by atoms with E-state index in [1.54, 1.807) is 0 Å². The molecule has 0 aliphatic carbocycles. The van der Waals surface area contributed by atoms with Crippen LogP contribution in [0.2, 0.25) is 0 Å². The third-order valence-electron chi connectivity index (χ3n) is 1.78. The van der Waals surface area contributed by atoms with Gasteiger partial charge in [0.25, 0.3) is 0 Å². The monoisotopic (exact) mass is 260 g/mol. The highest BCUT2D eigenvalue weighted by Gasteiger charge is 2.05. The maximum absolute atomic E-state index is 11.3. The van der Waals surface area contributed by atoms with Gasteiger partial charge in [0.15, 0.2) is 5.78 Å². The Morgan fingerprint density at radius 2 is 1.61 bits per heavy atom. The second kappa shape index (κ2) is 13.6. The van der Waals surface area contributed by atoms with Crippen molar-refractivity contribution in [2.45, 2.75) is 20.3 Å². The number of carbonyl (C=O) groups excluding carboxylic acids is 1. The molecule has 0 N–H and O–H groups in total. The molecule has 18 heavy (non-hydrogen) atoms. The van der Waals surface area contributed by atoms with Crippen LogP contribution in [0.3, 0.4) is 0 Å². The number of benzene rings is 1. The standard InChI is InChI=1S/C12H16O2.2CH3F/c1-10(2)8-11(13)9-14-12-6-4-3-5-7-12;2*1-2/h3-7,10H,8-9H2,1-2H3;2*1H3. The van der Waals surface area contributed by atoms with Crippen molar-refractivity contribution in [2.24, 2.45) is 5.92 Å². The topological polar surface area (TPSA) is 26.3 Å². The van der Waals surface area contributed by atoms with Gasteiger partial charge in [0.2, 0.25) is 0 Å². The van der Waals surface area contributed by atoms with Crippen molar-refractivity contribution in [1.82, 2.24) is 0 Å². The smallest absolute Gasteiger partial charge is 0.170 e. The molecule has 0 saturated carbocycles. The Balaban J connectivity index is 0. The number of para-hydroxylation sites is 1. The van der Waals surface area contributed by atoms with Gasteiger partial charge in [-0.05, 0) is 18.1 Å². The zero-order chi connectivity index (χ0) is 14.4. The van der Waals surface area contributed by atoms with Crippen LogP contribution in [0, 0.1) is 5.92 Å². The van der Waals surface area contributed by atoms with Gasteiger partial charge in [0, 0.05) is 6.42 Å². The summed E-state index contributed by atoms with van der Waals surface area (Å²) in [6.45, 7) is 4.24. The maximum atomic E-state index is 11.3. The van der Waals surface area contributed by atoms with E-state index >= 15 is 0 Å². The summed E-state index contributed by atoms with van der Waals surface area (Å²) in [5.41, 5.74) is 0. The van der Waals surface area contributed by atoms with Crippen LogP contribution in [0.4, 0.5) is 8.78 Å². The van der Waals surface area contributed by atoms with Crippen LogP contribution in [0.15, 0.2) is 30.3 Å². The van der Waals surface area contributed by atoms with Crippen LogP contribution in [0.5, 0.6) is 5.75 Å². The Labute approximate surface area is 108 Å². The molecular formula is C14H22F2O2. The number of rotatable bonds is 5. The number of Topliss-reactive ketones (excluding diaryl/α,β-unsaturated/α-hetero) is 1. The molecule has 1 aromatic carbocycles. The first kappa shape index (κ1) is 18.9. The maximum Gasteiger partial charge on any atom is 0.170 e. The predicted molar refractivity (Wildman–Crippen MR) is 70.5 cm³/mol. The van der Waals surface area contributed by atoms with E-state index in [2.05, 4.69) is 0 Å². The molecule has 1 aromatic rings. The van der Waals surface area contributed by atoms with Crippen molar-refractivity contribution in [3.8, 4) is 5.75 Å². The Hall–Kier alpha value is -1.45. The summed E-state index contributed by atoms with van der Waals surface area (Å²) in [7, 11) is 1.00. The molecule has 0 fully saturated rings. The minimum Gasteiger partial charge on any atom is -0.486 e. The van der Waals surface area contributed by atoms with E-state index < -0.39 is 0 Å². The highest BCUT2D eigenvalue weighted by atomic mass is 19.1. The van der Waals surface area contributed by atoms with Crippen molar-refractivity contribution in [3.63, 3.8) is 0 Å². The molecule has 0 unspecified atom stereocenters. The molecule has 0 radical (unpaired) electrons. The first-order valence-corrected chi connectivity index (χ1v) is 5.63. The lowest BCUT2D eigenvalue weighted by Crippen LogP contribution is -2.13. The zero-order valence-corrected chi connectivity index (χ0v) is 11.5. The quantitative estimate of drug-likeness (QED) is 0.803. The molecule has 104 valence electrons. The van der Waals surface area contributed by atoms with Crippen molar-refractivity contribution < 1.29 is 18.3 Å². The number of hydrogen-bond acceptors (Lipinski definition) is 2. The number of carbonyl (C=O) groups is 1. The minimum atomic E-state index is 0.156. The fraction of sp³-hybridized carbons (Fsp3) is 0.500. The normalized spacial score (nSPS) is 8.61. The van der Waals surface area contributed by atoms with Gasteiger partial charge >= 0.3 is 0 Å². The lowest BCUT2D eigenvalue weighted by atomic mass is 10.1. The summed E-state index contributed by atoms with van der Waals surface area (Å²) in [6, 6.07) is 9.40. The highest BCUT2D eigenvalue weighted by molar-refractivity contribution is 5.80. The fourth-order valence-corrected chi connectivity index (χ4v) is 1.19. The van der Waals surface area contributed by atoms with Crippen molar-refractivity contribution in [1.29, 1.82) is 0 Å². The molecule has 4 heteroatoms. The lowest BCUT2D eigenvalue weighted by Gasteiger charge is -2.06. The predicted octanol–water partition coefficient (Wildman–Crippen LogP) is 3.85. The second-order valence-electron chi connectivity index (χ2n) is 3.74. The van der Waals surface area contributed by atoms with E-state index in [4.69, 9.17) is 4.74 Å². The SMILES string of the molecule is CC(C)CC(=O)COc1ccccc1.CF.CF. The molecule has 0 saturated heterocycles. The van der Waals surface area contributed by atoms with Crippen molar-refractivity contribution in [2.75, 3.05) is 21.0 Å². The van der Waals surface area contributed by atoms with E-state index in [1.807, 2.05) is 44.2 Å². The van der Waals surface area contributed by atoms with Crippen LogP contribution in [-0.2, 0) is 4.79 Å². The Kier molecular flexibility index (Phi) is 14.3. The van der Waals surface area contributed by atoms with E-state index in [9.17, 15) is 13.6 Å². The van der Waals surface area contributed by atoms with Gasteiger partial charge in [-0.15, -0.1) is 0 Å². The third kappa shape index (κ3) is 11.0. The largest absolute Gasteiger partial charge is 0.486 e. The summed E-state index contributed by atoms with van der Waals surface area (Å²) < 4.78 is 24.3. The van der Waals surface area contributed by atoms with Gasteiger partial charge in [-0.2, -0.15) is 0 Å². The molecule has 0 spiro atoms. The Morgan fingerprint density at radius 1 is 1.11 bits per heavy atom. The zero-order valence-electron chi connectivity index (χ0n) is 11.5. The van der Waals surface area contributed by atoms with Gasteiger partial charge < -0.3 is 4.74 Å². The van der Waals surface area contributed by atoms with E-state index in [1.165, 1.54) is 0 Å². The summed E-state index contributed by atoms with van der Waals surface area (Å²) in [6.07, 6.45) is 0.590. The molecule has 0 bridgehead atoms. The molecule has 0 heterocycles. The summed E-state index contributed by atoms with van der Waals surface area (Å²) >= 11 is 0.